The van der Waals surface area contributed by atoms with Crippen molar-refractivity contribution in [3.8, 4) is 11.3 Å². The SMILES string of the molecule is CCS(=O)(=O)CC(=O)N1CCN(c2cccc(-c3ccc(NCC(C)(C)C)c(N(C)C)n3)c2)CC1. The lowest BCUT2D eigenvalue weighted by Crippen LogP contribution is -2.50. The summed E-state index contributed by atoms with van der Waals surface area (Å²) < 4.78 is 23.6. The van der Waals surface area contributed by atoms with Crippen molar-refractivity contribution in [2.45, 2.75) is 27.7 Å². The van der Waals surface area contributed by atoms with Crippen molar-refractivity contribution in [1.29, 1.82) is 0 Å². The minimum atomic E-state index is -3.31. The molecule has 2 aromatic rings. The molecule has 0 aliphatic carbocycles. The minimum Gasteiger partial charge on any atom is -0.382 e. The molecule has 1 aromatic heterocycles. The van der Waals surface area contributed by atoms with Gasteiger partial charge in [0.2, 0.25) is 5.91 Å². The van der Waals surface area contributed by atoms with Gasteiger partial charge in [-0.1, -0.05) is 39.8 Å². The van der Waals surface area contributed by atoms with Gasteiger partial charge in [-0.25, -0.2) is 13.4 Å². The quantitative estimate of drug-likeness (QED) is 0.594. The Labute approximate surface area is 210 Å². The standard InChI is InChI=1S/C26H39N5O3S/c1-7-35(33,34)18-24(32)31-15-13-30(14-16-31)21-10-8-9-20(17-21)22-11-12-23(25(28-22)29(5)6)27-19-26(2,3)4/h8-12,17,27H,7,13-16,18-19H2,1-6H3. The lowest BCUT2D eigenvalue weighted by molar-refractivity contribution is -0.128. The molecular weight excluding hydrogens is 462 g/mol. The number of rotatable bonds is 8. The van der Waals surface area contributed by atoms with Crippen molar-refractivity contribution in [1.82, 2.24) is 9.88 Å². The van der Waals surface area contributed by atoms with Crippen LogP contribution in [0.2, 0.25) is 0 Å². The number of carbonyl (C=O) groups excluding carboxylic acids is 1. The molecule has 0 atom stereocenters. The first kappa shape index (κ1) is 26.8. The number of hydrogen-bond donors (Lipinski definition) is 1. The predicted octanol–water partition coefficient (Wildman–Crippen LogP) is 3.36. The summed E-state index contributed by atoms with van der Waals surface area (Å²) in [6.45, 7) is 11.4. The van der Waals surface area contributed by atoms with E-state index in [9.17, 15) is 13.2 Å². The fourth-order valence-corrected chi connectivity index (χ4v) is 4.67. The molecule has 9 heteroatoms. The Kier molecular flexibility index (Phi) is 8.30. The highest BCUT2D eigenvalue weighted by Gasteiger charge is 2.25. The summed E-state index contributed by atoms with van der Waals surface area (Å²) in [7, 11) is 0.681. The number of carbonyl (C=O) groups is 1. The van der Waals surface area contributed by atoms with Crippen molar-refractivity contribution in [2.75, 3.05) is 73.4 Å². The molecule has 0 unspecified atom stereocenters. The van der Waals surface area contributed by atoms with Crippen molar-refractivity contribution in [2.24, 2.45) is 5.41 Å². The monoisotopic (exact) mass is 501 g/mol. The Hall–Kier alpha value is -2.81. The lowest BCUT2D eigenvalue weighted by atomic mass is 9.97. The maximum atomic E-state index is 12.4. The average Bonchev–Trinajstić information content (AvgIpc) is 2.82. The second-order valence-corrected chi connectivity index (χ2v) is 12.8. The molecular formula is C26H39N5O3S. The zero-order valence-electron chi connectivity index (χ0n) is 21.8. The third kappa shape index (κ3) is 7.34. The van der Waals surface area contributed by atoms with Crippen LogP contribution in [0.5, 0.6) is 0 Å². The second kappa shape index (κ2) is 10.8. The summed E-state index contributed by atoms with van der Waals surface area (Å²) in [5.41, 5.74) is 4.17. The second-order valence-electron chi connectivity index (χ2n) is 10.5. The number of nitrogens with one attached hydrogen (secondary N) is 1. The number of anilines is 3. The molecule has 1 saturated heterocycles. The Bertz CT molecular complexity index is 1130. The molecule has 35 heavy (non-hydrogen) atoms. The highest BCUT2D eigenvalue weighted by molar-refractivity contribution is 7.92. The van der Waals surface area contributed by atoms with E-state index in [-0.39, 0.29) is 17.1 Å². The molecule has 1 aromatic carbocycles. The van der Waals surface area contributed by atoms with Gasteiger partial charge < -0.3 is 20.0 Å². The van der Waals surface area contributed by atoms with Gasteiger partial charge >= 0.3 is 0 Å². The third-order valence-corrected chi connectivity index (χ3v) is 7.60. The number of benzene rings is 1. The topological polar surface area (TPSA) is 85.8 Å². The molecule has 0 radical (unpaired) electrons. The van der Waals surface area contributed by atoms with E-state index in [2.05, 4.69) is 55.3 Å². The largest absolute Gasteiger partial charge is 0.382 e. The third-order valence-electron chi connectivity index (χ3n) is 6.03. The molecule has 0 saturated carbocycles. The van der Waals surface area contributed by atoms with Crippen LogP contribution >= 0.6 is 0 Å². The van der Waals surface area contributed by atoms with Crippen LogP contribution in [-0.2, 0) is 14.6 Å². The maximum absolute atomic E-state index is 12.4. The van der Waals surface area contributed by atoms with E-state index in [1.165, 1.54) is 0 Å². The van der Waals surface area contributed by atoms with E-state index in [0.29, 0.717) is 26.2 Å². The zero-order chi connectivity index (χ0) is 25.8. The van der Waals surface area contributed by atoms with E-state index in [1.807, 2.05) is 31.1 Å². The van der Waals surface area contributed by atoms with E-state index in [1.54, 1.807) is 11.8 Å². The van der Waals surface area contributed by atoms with Gasteiger partial charge in [0.25, 0.3) is 0 Å². The zero-order valence-corrected chi connectivity index (χ0v) is 22.7. The summed E-state index contributed by atoms with van der Waals surface area (Å²) in [6.07, 6.45) is 0. The van der Waals surface area contributed by atoms with Crippen LogP contribution in [0.25, 0.3) is 11.3 Å². The van der Waals surface area contributed by atoms with Crippen molar-refractivity contribution in [3.05, 3.63) is 36.4 Å². The van der Waals surface area contributed by atoms with Gasteiger partial charge in [0.1, 0.15) is 5.75 Å². The summed E-state index contributed by atoms with van der Waals surface area (Å²) in [4.78, 5) is 23.2. The van der Waals surface area contributed by atoms with Crippen LogP contribution < -0.4 is 15.1 Å². The van der Waals surface area contributed by atoms with Gasteiger partial charge in [0.05, 0.1) is 11.4 Å². The Morgan fingerprint density at radius 2 is 1.77 bits per heavy atom. The normalized spacial score (nSPS) is 14.7. The van der Waals surface area contributed by atoms with Crippen LogP contribution in [0.4, 0.5) is 17.2 Å². The first-order chi connectivity index (χ1) is 16.4. The average molecular weight is 502 g/mol. The van der Waals surface area contributed by atoms with Gasteiger partial charge in [-0.05, 0) is 29.7 Å². The molecule has 8 nitrogen and oxygen atoms in total. The minimum absolute atomic E-state index is 0.0112. The van der Waals surface area contributed by atoms with E-state index >= 15 is 0 Å². The van der Waals surface area contributed by atoms with Crippen LogP contribution in [0.15, 0.2) is 36.4 Å². The van der Waals surface area contributed by atoms with Gasteiger partial charge in [-0.15, -0.1) is 0 Å². The molecule has 1 amide bonds. The Balaban J connectivity index is 1.73. The molecule has 1 N–H and O–H groups in total. The lowest BCUT2D eigenvalue weighted by Gasteiger charge is -2.36. The van der Waals surface area contributed by atoms with Gasteiger partial charge in [0.15, 0.2) is 15.7 Å². The molecule has 1 aliphatic rings. The molecule has 192 valence electrons. The van der Waals surface area contributed by atoms with Crippen LogP contribution in [0.3, 0.4) is 0 Å². The number of amides is 1. The number of piperazine rings is 1. The van der Waals surface area contributed by atoms with E-state index in [0.717, 1.165) is 35.0 Å². The fraction of sp³-hybridized carbons (Fsp3) is 0.538. The summed E-state index contributed by atoms with van der Waals surface area (Å²) in [5.74, 6) is 0.175. The predicted molar refractivity (Wildman–Crippen MR) is 145 cm³/mol. The summed E-state index contributed by atoms with van der Waals surface area (Å²) in [5, 5.41) is 3.53. The number of hydrogen-bond acceptors (Lipinski definition) is 7. The maximum Gasteiger partial charge on any atom is 0.237 e. The Morgan fingerprint density at radius 1 is 1.09 bits per heavy atom. The first-order valence-corrected chi connectivity index (χ1v) is 14.0. The van der Waals surface area contributed by atoms with E-state index in [4.69, 9.17) is 4.98 Å². The van der Waals surface area contributed by atoms with E-state index < -0.39 is 15.6 Å². The molecule has 3 rings (SSSR count). The fourth-order valence-electron chi connectivity index (χ4n) is 3.91. The number of aromatic nitrogens is 1. The molecule has 1 aliphatic heterocycles. The first-order valence-electron chi connectivity index (χ1n) is 12.1. The van der Waals surface area contributed by atoms with Crippen molar-refractivity contribution >= 4 is 32.9 Å². The van der Waals surface area contributed by atoms with Gasteiger partial charge in [-0.3, -0.25) is 4.79 Å². The van der Waals surface area contributed by atoms with Crippen LogP contribution in [0.1, 0.15) is 27.7 Å². The van der Waals surface area contributed by atoms with Crippen molar-refractivity contribution in [3.63, 3.8) is 0 Å². The molecule has 0 bridgehead atoms. The highest BCUT2D eigenvalue weighted by Crippen LogP contribution is 2.30. The highest BCUT2D eigenvalue weighted by atomic mass is 32.2. The summed E-state index contributed by atoms with van der Waals surface area (Å²) >= 11 is 0. The molecule has 2 heterocycles. The van der Waals surface area contributed by atoms with Crippen LogP contribution in [0, 0.1) is 5.41 Å². The van der Waals surface area contributed by atoms with Crippen molar-refractivity contribution < 1.29 is 13.2 Å². The Morgan fingerprint density at radius 3 is 2.37 bits per heavy atom. The molecule has 1 fully saturated rings. The smallest absolute Gasteiger partial charge is 0.237 e. The molecule has 0 spiro atoms. The summed E-state index contributed by atoms with van der Waals surface area (Å²) in [6, 6.07) is 12.4. The van der Waals surface area contributed by atoms with Gasteiger partial charge in [-0.2, -0.15) is 0 Å². The van der Waals surface area contributed by atoms with Gasteiger partial charge in [0, 0.05) is 63.8 Å². The number of nitrogens with zero attached hydrogens (tertiary/aromatic N) is 4. The number of pyridine rings is 1. The number of sulfone groups is 1. The van der Waals surface area contributed by atoms with Crippen LogP contribution in [-0.4, -0.2) is 82.5 Å².